The van der Waals surface area contributed by atoms with Gasteiger partial charge >= 0.3 is 0 Å². The van der Waals surface area contributed by atoms with Gasteiger partial charge < -0.3 is 10.2 Å². The van der Waals surface area contributed by atoms with Crippen LogP contribution in [0.1, 0.15) is 44.7 Å². The minimum atomic E-state index is -4.15. The molecule has 0 heterocycles. The van der Waals surface area contributed by atoms with Crippen LogP contribution in [0.4, 0.5) is 5.69 Å². The molecule has 10 heteroatoms. The lowest BCUT2D eigenvalue weighted by Crippen LogP contribution is -2.53. The summed E-state index contributed by atoms with van der Waals surface area (Å²) >= 11 is 12.2. The number of nitrogens with zero attached hydrogens (tertiary/aromatic N) is 2. The van der Waals surface area contributed by atoms with Crippen molar-refractivity contribution in [2.75, 3.05) is 10.8 Å². The van der Waals surface area contributed by atoms with Crippen LogP contribution in [0.3, 0.4) is 0 Å². The number of halogens is 2. The van der Waals surface area contributed by atoms with Crippen molar-refractivity contribution in [2.45, 2.75) is 64.1 Å². The molecule has 0 aliphatic carbocycles. The molecule has 0 unspecified atom stereocenters. The Hall–Kier alpha value is -3.07. The van der Waals surface area contributed by atoms with Gasteiger partial charge in [-0.1, -0.05) is 67.4 Å². The molecule has 0 saturated heterocycles. The molecule has 0 saturated carbocycles. The van der Waals surface area contributed by atoms with Gasteiger partial charge in [-0.15, -0.1) is 0 Å². The van der Waals surface area contributed by atoms with E-state index in [1.165, 1.54) is 17.0 Å². The highest BCUT2D eigenvalue weighted by atomic mass is 35.5. The average molecular weight is 605 g/mol. The lowest BCUT2D eigenvalue weighted by atomic mass is 10.1. The molecule has 0 aromatic heterocycles. The van der Waals surface area contributed by atoms with Crippen molar-refractivity contribution in [1.29, 1.82) is 0 Å². The van der Waals surface area contributed by atoms with Crippen molar-refractivity contribution in [1.82, 2.24) is 10.2 Å². The second-order valence-electron chi connectivity index (χ2n) is 9.65. The van der Waals surface area contributed by atoms with Gasteiger partial charge in [0.1, 0.15) is 12.6 Å². The molecule has 0 bridgehead atoms. The van der Waals surface area contributed by atoms with Crippen molar-refractivity contribution in [3.05, 3.63) is 94.0 Å². The lowest BCUT2D eigenvalue weighted by Gasteiger charge is -2.34. The molecule has 0 fully saturated rings. The molecule has 2 atom stereocenters. The summed E-state index contributed by atoms with van der Waals surface area (Å²) in [7, 11) is -4.15. The van der Waals surface area contributed by atoms with E-state index in [4.69, 9.17) is 23.2 Å². The number of hydrogen-bond acceptors (Lipinski definition) is 4. The molecule has 7 nitrogen and oxygen atoms in total. The highest BCUT2D eigenvalue weighted by molar-refractivity contribution is 7.92. The smallest absolute Gasteiger partial charge is 0.264 e. The number of rotatable bonds is 12. The largest absolute Gasteiger partial charge is 0.352 e. The van der Waals surface area contributed by atoms with Gasteiger partial charge in [-0.3, -0.25) is 13.9 Å². The van der Waals surface area contributed by atoms with Crippen LogP contribution in [0.2, 0.25) is 10.0 Å². The normalized spacial score (nSPS) is 12.8. The monoisotopic (exact) mass is 603 g/mol. The molecule has 214 valence electrons. The molecule has 0 radical (unpaired) electrons. The van der Waals surface area contributed by atoms with E-state index in [9.17, 15) is 18.0 Å². The zero-order valence-corrected chi connectivity index (χ0v) is 25.4. The maximum Gasteiger partial charge on any atom is 0.264 e. The molecule has 0 aliphatic heterocycles. The summed E-state index contributed by atoms with van der Waals surface area (Å²) in [5, 5.41) is 3.96. The first-order valence-electron chi connectivity index (χ1n) is 13.2. The first-order valence-corrected chi connectivity index (χ1v) is 15.4. The van der Waals surface area contributed by atoms with Crippen molar-refractivity contribution >= 4 is 50.7 Å². The van der Waals surface area contributed by atoms with E-state index >= 15 is 0 Å². The Balaban J connectivity index is 2.07. The molecule has 0 spiro atoms. The molecule has 2 amide bonds. The fraction of sp³-hybridized carbons (Fsp3) is 0.333. The summed E-state index contributed by atoms with van der Waals surface area (Å²) in [6, 6.07) is 18.8. The zero-order chi connectivity index (χ0) is 29.4. The quantitative estimate of drug-likeness (QED) is 0.266. The number of carbonyl (C=O) groups is 2. The number of amides is 2. The van der Waals surface area contributed by atoms with Crippen LogP contribution in [0.25, 0.3) is 0 Å². The van der Waals surface area contributed by atoms with Crippen LogP contribution in [0.15, 0.2) is 77.7 Å². The molecular weight excluding hydrogens is 569 g/mol. The first-order chi connectivity index (χ1) is 19.0. The second-order valence-corrected chi connectivity index (χ2v) is 12.4. The Morgan fingerprint density at radius 1 is 0.900 bits per heavy atom. The third kappa shape index (κ3) is 7.77. The Bertz CT molecular complexity index is 1420. The van der Waals surface area contributed by atoms with Crippen molar-refractivity contribution < 1.29 is 18.0 Å². The van der Waals surface area contributed by atoms with E-state index in [0.29, 0.717) is 27.7 Å². The Labute approximate surface area is 247 Å². The number of hydrogen-bond donors (Lipinski definition) is 1. The standard InChI is InChI=1S/C30H35Cl2N3O4S/c1-5-22(4)33-30(37)27(6-2)34(19-23-12-14-24(31)15-13-23)29(36)20-35(28-17-16-25(32)18-21(28)3)40(38,39)26-10-8-7-9-11-26/h7-18,22,27H,5-6,19-20H2,1-4H3,(H,33,37)/t22-,27+/m0/s1. The number of benzene rings is 3. The minimum absolute atomic E-state index is 0.0444. The molecule has 1 N–H and O–H groups in total. The summed E-state index contributed by atoms with van der Waals surface area (Å²) in [4.78, 5) is 28.9. The zero-order valence-electron chi connectivity index (χ0n) is 23.1. The van der Waals surface area contributed by atoms with Crippen LogP contribution in [-0.4, -0.2) is 43.8 Å². The average Bonchev–Trinajstić information content (AvgIpc) is 2.93. The molecular formula is C30H35Cl2N3O4S. The minimum Gasteiger partial charge on any atom is -0.352 e. The number of sulfonamides is 1. The van der Waals surface area contributed by atoms with Gasteiger partial charge in [-0.25, -0.2) is 8.42 Å². The predicted molar refractivity (Wildman–Crippen MR) is 161 cm³/mol. The van der Waals surface area contributed by atoms with Gasteiger partial charge in [0.15, 0.2) is 0 Å². The van der Waals surface area contributed by atoms with E-state index in [0.717, 1.165) is 16.3 Å². The maximum absolute atomic E-state index is 14.1. The van der Waals surface area contributed by atoms with Crippen LogP contribution < -0.4 is 9.62 Å². The van der Waals surface area contributed by atoms with Crippen molar-refractivity contribution in [3.63, 3.8) is 0 Å². The number of carbonyl (C=O) groups excluding carboxylic acids is 2. The first kappa shape index (κ1) is 31.5. The van der Waals surface area contributed by atoms with Gasteiger partial charge in [0, 0.05) is 22.6 Å². The third-order valence-corrected chi connectivity index (χ3v) is 8.95. The highest BCUT2D eigenvalue weighted by Gasteiger charge is 2.34. The summed E-state index contributed by atoms with van der Waals surface area (Å²) in [6.45, 7) is 7.00. The van der Waals surface area contributed by atoms with E-state index < -0.39 is 28.5 Å². The third-order valence-electron chi connectivity index (χ3n) is 6.69. The summed E-state index contributed by atoms with van der Waals surface area (Å²) in [5.74, 6) is -0.811. The number of aryl methyl sites for hydroxylation is 1. The van der Waals surface area contributed by atoms with Gasteiger partial charge in [0.25, 0.3) is 10.0 Å². The number of nitrogens with one attached hydrogen (secondary N) is 1. The second kappa shape index (κ2) is 14.0. The molecule has 0 aliphatic rings. The Morgan fingerprint density at radius 2 is 1.52 bits per heavy atom. The van der Waals surface area contributed by atoms with Crippen molar-refractivity contribution in [2.24, 2.45) is 0 Å². The topological polar surface area (TPSA) is 86.8 Å². The van der Waals surface area contributed by atoms with E-state index in [-0.39, 0.29) is 23.4 Å². The van der Waals surface area contributed by atoms with E-state index in [2.05, 4.69) is 5.32 Å². The fourth-order valence-corrected chi connectivity index (χ4v) is 6.13. The van der Waals surface area contributed by atoms with Crippen LogP contribution in [-0.2, 0) is 26.2 Å². The molecule has 3 rings (SSSR count). The molecule has 3 aromatic rings. The molecule has 3 aromatic carbocycles. The van der Waals surface area contributed by atoms with Crippen LogP contribution >= 0.6 is 23.2 Å². The van der Waals surface area contributed by atoms with Gasteiger partial charge in [0.05, 0.1) is 10.6 Å². The summed E-state index contributed by atoms with van der Waals surface area (Å²) in [5.41, 5.74) is 1.67. The lowest BCUT2D eigenvalue weighted by molar-refractivity contribution is -0.140. The van der Waals surface area contributed by atoms with Crippen molar-refractivity contribution in [3.8, 4) is 0 Å². The summed E-state index contributed by atoms with van der Waals surface area (Å²) in [6.07, 6.45) is 1.07. The summed E-state index contributed by atoms with van der Waals surface area (Å²) < 4.78 is 28.9. The number of anilines is 1. The van der Waals surface area contributed by atoms with Gasteiger partial charge in [-0.05, 0) is 80.3 Å². The maximum atomic E-state index is 14.1. The van der Waals surface area contributed by atoms with Crippen LogP contribution in [0.5, 0.6) is 0 Å². The van der Waals surface area contributed by atoms with E-state index in [1.54, 1.807) is 67.6 Å². The Kier molecular flexibility index (Phi) is 11.0. The van der Waals surface area contributed by atoms with E-state index in [1.807, 2.05) is 20.8 Å². The predicted octanol–water partition coefficient (Wildman–Crippen LogP) is 6.22. The SMILES string of the molecule is CC[C@H](C(=O)N[C@@H](C)CC)N(Cc1ccc(Cl)cc1)C(=O)CN(c1ccc(Cl)cc1C)S(=O)(=O)c1ccccc1. The highest BCUT2D eigenvalue weighted by Crippen LogP contribution is 2.29. The Morgan fingerprint density at radius 3 is 2.10 bits per heavy atom. The molecule has 40 heavy (non-hydrogen) atoms. The van der Waals surface area contributed by atoms with Crippen LogP contribution in [0, 0.1) is 6.92 Å². The fourth-order valence-electron chi connectivity index (χ4n) is 4.28. The van der Waals surface area contributed by atoms with Gasteiger partial charge in [0.2, 0.25) is 11.8 Å². The van der Waals surface area contributed by atoms with Gasteiger partial charge in [-0.2, -0.15) is 0 Å².